The number of hydrogen-bond acceptors (Lipinski definition) is 1. The van der Waals surface area contributed by atoms with Gasteiger partial charge in [-0.1, -0.05) is 18.8 Å². The zero-order valence-electron chi connectivity index (χ0n) is 9.80. The average Bonchev–Trinajstić information content (AvgIpc) is 1.96. The van der Waals surface area contributed by atoms with Gasteiger partial charge in [-0.05, 0) is 20.9 Å². The standard InChI is InChI=1S/C10H21N2.K/c1-5-10(6-11-7-10)8-12(4)9(2)3;/h9H,5-8H2,1-4H3;/q-1;+1. The second-order valence-electron chi connectivity index (χ2n) is 4.40. The molecule has 3 heteroatoms. The Morgan fingerprint density at radius 2 is 1.92 bits per heavy atom. The number of hydrogen-bond donors (Lipinski definition) is 0. The van der Waals surface area contributed by atoms with Crippen LogP contribution in [-0.4, -0.2) is 37.6 Å². The van der Waals surface area contributed by atoms with Gasteiger partial charge in [0, 0.05) is 12.6 Å². The van der Waals surface area contributed by atoms with Gasteiger partial charge in [0.25, 0.3) is 0 Å². The molecule has 0 aliphatic carbocycles. The maximum Gasteiger partial charge on any atom is 1.00 e. The van der Waals surface area contributed by atoms with Gasteiger partial charge in [0.15, 0.2) is 0 Å². The summed E-state index contributed by atoms with van der Waals surface area (Å²) in [5, 5.41) is 4.33. The first-order chi connectivity index (χ1) is 5.59. The number of rotatable bonds is 4. The summed E-state index contributed by atoms with van der Waals surface area (Å²) in [5.41, 5.74) is 0.527. The van der Waals surface area contributed by atoms with E-state index in [4.69, 9.17) is 0 Å². The molecular formula is C10H21KN2. The molecule has 0 aromatic heterocycles. The van der Waals surface area contributed by atoms with Crippen LogP contribution in [0.4, 0.5) is 0 Å². The van der Waals surface area contributed by atoms with Gasteiger partial charge >= 0.3 is 51.4 Å². The Morgan fingerprint density at radius 1 is 1.38 bits per heavy atom. The van der Waals surface area contributed by atoms with Crippen molar-refractivity contribution >= 4 is 0 Å². The fraction of sp³-hybridized carbons (Fsp3) is 1.00. The average molecular weight is 208 g/mol. The zero-order valence-corrected chi connectivity index (χ0v) is 12.9. The van der Waals surface area contributed by atoms with Crippen LogP contribution in [0.25, 0.3) is 5.32 Å². The topological polar surface area (TPSA) is 17.3 Å². The normalized spacial score (nSPS) is 19.8. The fourth-order valence-electron chi connectivity index (χ4n) is 1.58. The molecule has 0 spiro atoms. The van der Waals surface area contributed by atoms with Crippen molar-refractivity contribution in [3.05, 3.63) is 5.32 Å². The van der Waals surface area contributed by atoms with Crippen LogP contribution in [0.15, 0.2) is 0 Å². The minimum Gasteiger partial charge on any atom is -0.661 e. The third kappa shape index (κ3) is 3.90. The Balaban J connectivity index is 0.00000144. The summed E-state index contributed by atoms with van der Waals surface area (Å²) in [6.07, 6.45) is 1.27. The Labute approximate surface area is 125 Å². The van der Waals surface area contributed by atoms with Crippen molar-refractivity contribution in [2.45, 2.75) is 33.2 Å². The van der Waals surface area contributed by atoms with Crippen LogP contribution < -0.4 is 51.4 Å². The molecule has 0 aromatic carbocycles. The Bertz CT molecular complexity index is 138. The summed E-state index contributed by atoms with van der Waals surface area (Å²) < 4.78 is 0. The van der Waals surface area contributed by atoms with Gasteiger partial charge in [0.05, 0.1) is 0 Å². The smallest absolute Gasteiger partial charge is 0.661 e. The van der Waals surface area contributed by atoms with E-state index in [1.54, 1.807) is 0 Å². The molecule has 0 radical (unpaired) electrons. The van der Waals surface area contributed by atoms with Gasteiger partial charge in [-0.25, -0.2) is 0 Å². The molecule has 0 N–H and O–H groups in total. The van der Waals surface area contributed by atoms with E-state index in [1.165, 1.54) is 13.0 Å². The second kappa shape index (κ2) is 6.21. The van der Waals surface area contributed by atoms with Gasteiger partial charge in [-0.2, -0.15) is 0 Å². The summed E-state index contributed by atoms with van der Waals surface area (Å²) in [4.78, 5) is 2.43. The first-order valence-corrected chi connectivity index (χ1v) is 4.93. The van der Waals surface area contributed by atoms with E-state index in [9.17, 15) is 0 Å². The molecule has 0 atom stereocenters. The van der Waals surface area contributed by atoms with E-state index in [0.29, 0.717) is 11.5 Å². The van der Waals surface area contributed by atoms with Crippen molar-refractivity contribution in [2.24, 2.45) is 5.41 Å². The summed E-state index contributed by atoms with van der Waals surface area (Å²) in [7, 11) is 2.21. The van der Waals surface area contributed by atoms with E-state index < -0.39 is 0 Å². The van der Waals surface area contributed by atoms with Crippen molar-refractivity contribution in [3.63, 3.8) is 0 Å². The molecule has 1 rings (SSSR count). The molecular weight excluding hydrogens is 187 g/mol. The van der Waals surface area contributed by atoms with Crippen LogP contribution in [0, 0.1) is 5.41 Å². The van der Waals surface area contributed by atoms with Gasteiger partial charge in [-0.3, -0.25) is 0 Å². The monoisotopic (exact) mass is 208 g/mol. The van der Waals surface area contributed by atoms with Gasteiger partial charge in [0.1, 0.15) is 0 Å². The molecule has 1 fully saturated rings. The molecule has 0 bridgehead atoms. The number of nitrogens with zero attached hydrogens (tertiary/aromatic N) is 2. The molecule has 0 aromatic rings. The van der Waals surface area contributed by atoms with E-state index in [-0.39, 0.29) is 51.4 Å². The summed E-state index contributed by atoms with van der Waals surface area (Å²) >= 11 is 0. The van der Waals surface area contributed by atoms with Crippen molar-refractivity contribution in [1.82, 2.24) is 4.90 Å². The van der Waals surface area contributed by atoms with Crippen LogP contribution in [-0.2, 0) is 0 Å². The third-order valence-corrected chi connectivity index (χ3v) is 3.11. The Kier molecular flexibility index (Phi) is 6.95. The summed E-state index contributed by atoms with van der Waals surface area (Å²) in [6.45, 7) is 10.2. The molecule has 0 amide bonds. The minimum atomic E-state index is 0. The van der Waals surface area contributed by atoms with Gasteiger partial charge < -0.3 is 10.2 Å². The SMILES string of the molecule is CCC1(CN(C)C(C)C)C[N-]C1.[K+]. The molecule has 1 heterocycles. The first-order valence-electron chi connectivity index (χ1n) is 4.93. The first kappa shape index (κ1) is 14.6. The minimum absolute atomic E-state index is 0. The van der Waals surface area contributed by atoms with Crippen molar-refractivity contribution in [2.75, 3.05) is 26.7 Å². The van der Waals surface area contributed by atoms with E-state index >= 15 is 0 Å². The molecule has 13 heavy (non-hydrogen) atoms. The van der Waals surface area contributed by atoms with E-state index in [1.807, 2.05) is 0 Å². The van der Waals surface area contributed by atoms with Crippen LogP contribution >= 0.6 is 0 Å². The van der Waals surface area contributed by atoms with Crippen LogP contribution in [0.2, 0.25) is 0 Å². The van der Waals surface area contributed by atoms with Crippen LogP contribution in [0.3, 0.4) is 0 Å². The summed E-state index contributed by atoms with van der Waals surface area (Å²) in [5.74, 6) is 0. The van der Waals surface area contributed by atoms with Crippen molar-refractivity contribution < 1.29 is 51.4 Å². The second-order valence-corrected chi connectivity index (χ2v) is 4.40. The largest absolute Gasteiger partial charge is 1.00 e. The molecule has 0 saturated carbocycles. The van der Waals surface area contributed by atoms with Crippen molar-refractivity contribution in [3.8, 4) is 0 Å². The van der Waals surface area contributed by atoms with E-state index in [0.717, 1.165) is 13.1 Å². The fourth-order valence-corrected chi connectivity index (χ4v) is 1.58. The molecule has 1 saturated heterocycles. The van der Waals surface area contributed by atoms with E-state index in [2.05, 4.69) is 38.0 Å². The molecule has 1 aliphatic rings. The quantitative estimate of drug-likeness (QED) is 0.548. The Morgan fingerprint density at radius 3 is 2.15 bits per heavy atom. The van der Waals surface area contributed by atoms with Crippen molar-refractivity contribution in [1.29, 1.82) is 0 Å². The predicted octanol–water partition coefficient (Wildman–Crippen LogP) is -0.886. The van der Waals surface area contributed by atoms with Crippen LogP contribution in [0.1, 0.15) is 27.2 Å². The van der Waals surface area contributed by atoms with Crippen LogP contribution in [0.5, 0.6) is 0 Å². The molecule has 1 aliphatic heterocycles. The summed E-state index contributed by atoms with van der Waals surface area (Å²) in [6, 6.07) is 0.661. The maximum atomic E-state index is 4.33. The molecule has 72 valence electrons. The Hall–Kier alpha value is 1.56. The maximum absolute atomic E-state index is 4.33. The van der Waals surface area contributed by atoms with Gasteiger partial charge in [0.2, 0.25) is 0 Å². The molecule has 0 unspecified atom stereocenters. The predicted molar refractivity (Wildman–Crippen MR) is 53.6 cm³/mol. The zero-order chi connectivity index (χ0) is 9.19. The molecule has 2 nitrogen and oxygen atoms in total. The third-order valence-electron chi connectivity index (χ3n) is 3.11. The van der Waals surface area contributed by atoms with Gasteiger partial charge in [-0.15, -0.1) is 13.1 Å².